The Balaban J connectivity index is 0.00000162. The molecule has 0 aromatic heterocycles. The molecule has 1 aliphatic heterocycles. The number of halogens is 2. The lowest BCUT2D eigenvalue weighted by atomic mass is 10.1. The molecule has 1 heterocycles. The average molecular weight is 278 g/mol. The third-order valence-electron chi connectivity index (χ3n) is 2.55. The van der Waals surface area contributed by atoms with Crippen LogP contribution in [0.2, 0.25) is 0 Å². The molecule has 1 aromatic rings. The molecule has 0 spiro atoms. The second kappa shape index (κ2) is 5.77. The van der Waals surface area contributed by atoms with Gasteiger partial charge in [0, 0.05) is 11.6 Å². The Hall–Kier alpha value is -1.69. The zero-order chi connectivity index (χ0) is 12.4. The largest absolute Gasteiger partial charge is 0.493 e. The van der Waals surface area contributed by atoms with Gasteiger partial charge in [-0.05, 0) is 6.07 Å². The van der Waals surface area contributed by atoms with Gasteiger partial charge in [-0.15, -0.1) is 12.4 Å². The molecule has 1 fully saturated rings. The van der Waals surface area contributed by atoms with Crippen LogP contribution in [0.1, 0.15) is 11.6 Å². The molecule has 0 bridgehead atoms. The van der Waals surface area contributed by atoms with Crippen molar-refractivity contribution < 1.29 is 23.4 Å². The molecule has 0 aliphatic carbocycles. The third kappa shape index (κ3) is 2.59. The fourth-order valence-corrected chi connectivity index (χ4v) is 1.69. The van der Waals surface area contributed by atoms with Gasteiger partial charge in [-0.3, -0.25) is 0 Å². The first kappa shape index (κ1) is 14.4. The van der Waals surface area contributed by atoms with Crippen LogP contribution in [0.15, 0.2) is 12.1 Å². The third-order valence-corrected chi connectivity index (χ3v) is 2.55. The Bertz CT molecular complexity index is 455. The van der Waals surface area contributed by atoms with Gasteiger partial charge in [-0.25, -0.2) is 9.18 Å². The number of carbonyl (C=O) groups excluding carboxylic acids is 1. The van der Waals surface area contributed by atoms with Crippen LogP contribution >= 0.6 is 12.4 Å². The Morgan fingerprint density at radius 2 is 1.94 bits per heavy atom. The molecule has 1 saturated heterocycles. The molecule has 1 aliphatic rings. The number of ether oxygens (including phenoxy) is 3. The minimum absolute atomic E-state index is 0. The summed E-state index contributed by atoms with van der Waals surface area (Å²) in [6.45, 7) is 0.102. The van der Waals surface area contributed by atoms with E-state index in [2.05, 4.69) is 5.32 Å². The molecule has 1 aromatic carbocycles. The maximum absolute atomic E-state index is 13.8. The topological polar surface area (TPSA) is 56.8 Å². The van der Waals surface area contributed by atoms with Crippen LogP contribution in [0, 0.1) is 5.82 Å². The van der Waals surface area contributed by atoms with Gasteiger partial charge >= 0.3 is 6.09 Å². The van der Waals surface area contributed by atoms with E-state index < -0.39 is 18.0 Å². The van der Waals surface area contributed by atoms with E-state index in [0.29, 0.717) is 17.1 Å². The van der Waals surface area contributed by atoms with Crippen molar-refractivity contribution >= 4 is 18.5 Å². The predicted octanol–water partition coefficient (Wildman–Crippen LogP) is 2.05. The number of methoxy groups -OCH3 is 2. The van der Waals surface area contributed by atoms with E-state index in [4.69, 9.17) is 14.2 Å². The fourth-order valence-electron chi connectivity index (χ4n) is 1.69. The number of hydrogen-bond donors (Lipinski definition) is 1. The fraction of sp³-hybridized carbons (Fsp3) is 0.364. The van der Waals surface area contributed by atoms with Crippen LogP contribution in [0.25, 0.3) is 0 Å². The lowest BCUT2D eigenvalue weighted by Gasteiger charge is -2.13. The highest BCUT2D eigenvalue weighted by molar-refractivity contribution is 5.85. The minimum Gasteiger partial charge on any atom is -0.493 e. The molecule has 0 saturated carbocycles. The molecule has 1 N–H and O–H groups in total. The first-order valence-electron chi connectivity index (χ1n) is 5.00. The van der Waals surface area contributed by atoms with Crippen molar-refractivity contribution in [1.82, 2.24) is 5.32 Å². The number of cyclic esters (lactones) is 1. The van der Waals surface area contributed by atoms with Crippen LogP contribution in [-0.2, 0) is 4.74 Å². The molecule has 5 nitrogen and oxygen atoms in total. The van der Waals surface area contributed by atoms with Crippen molar-refractivity contribution in [3.05, 3.63) is 23.5 Å². The highest BCUT2D eigenvalue weighted by Gasteiger charge is 2.27. The van der Waals surface area contributed by atoms with Gasteiger partial charge in [-0.1, -0.05) is 0 Å². The minimum atomic E-state index is -0.552. The normalized spacial score (nSPS) is 17.5. The highest BCUT2D eigenvalue weighted by Crippen LogP contribution is 2.33. The monoisotopic (exact) mass is 277 g/mol. The van der Waals surface area contributed by atoms with Crippen molar-refractivity contribution in [3.63, 3.8) is 0 Å². The Morgan fingerprint density at radius 3 is 2.44 bits per heavy atom. The van der Waals surface area contributed by atoms with Gasteiger partial charge in [0.2, 0.25) is 0 Å². The average Bonchev–Trinajstić information content (AvgIpc) is 2.75. The summed E-state index contributed by atoms with van der Waals surface area (Å²) in [6, 6.07) is 2.22. The van der Waals surface area contributed by atoms with E-state index in [1.165, 1.54) is 26.4 Å². The molecule has 0 radical (unpaired) electrons. The second-order valence-corrected chi connectivity index (χ2v) is 3.52. The summed E-state index contributed by atoms with van der Waals surface area (Å²) in [5, 5.41) is 2.50. The molecule has 7 heteroatoms. The van der Waals surface area contributed by atoms with Crippen LogP contribution in [0.5, 0.6) is 11.5 Å². The number of benzene rings is 1. The van der Waals surface area contributed by atoms with E-state index in [1.807, 2.05) is 0 Å². The summed E-state index contributed by atoms with van der Waals surface area (Å²) in [4.78, 5) is 10.9. The zero-order valence-corrected chi connectivity index (χ0v) is 10.7. The van der Waals surface area contributed by atoms with Gasteiger partial charge in [0.05, 0.1) is 20.3 Å². The molecular weight excluding hydrogens is 265 g/mol. The summed E-state index contributed by atoms with van der Waals surface area (Å²) in [5.41, 5.74) is 0.313. The van der Waals surface area contributed by atoms with Crippen LogP contribution in [-0.4, -0.2) is 26.9 Å². The number of nitrogens with one attached hydrogen (secondary N) is 1. The lowest BCUT2D eigenvalue weighted by Crippen LogP contribution is -2.19. The van der Waals surface area contributed by atoms with Crippen molar-refractivity contribution in [2.75, 3.05) is 20.8 Å². The van der Waals surface area contributed by atoms with Crippen molar-refractivity contribution in [2.45, 2.75) is 6.04 Å². The smallest absolute Gasteiger partial charge is 0.407 e. The summed E-state index contributed by atoms with van der Waals surface area (Å²) in [7, 11) is 2.89. The van der Waals surface area contributed by atoms with Gasteiger partial charge in [0.25, 0.3) is 0 Å². The Kier molecular flexibility index (Phi) is 4.61. The first-order valence-corrected chi connectivity index (χ1v) is 5.00. The highest BCUT2D eigenvalue weighted by atomic mass is 35.5. The number of alkyl carbamates (subject to hydrolysis) is 1. The standard InChI is InChI=1S/C11H12FNO4.ClH/c1-15-9-3-6(7(12)4-10(9)16-2)8-5-17-11(14)13-8;/h3-4,8H,5H2,1-2H3,(H,13,14);1H/t8-;/m1./s1. The molecule has 0 unspecified atom stereocenters. The SMILES string of the molecule is COc1cc(F)c([C@H]2COC(=O)N2)cc1OC.Cl. The summed E-state index contributed by atoms with van der Waals surface area (Å²) >= 11 is 0. The van der Waals surface area contributed by atoms with E-state index in [1.54, 1.807) is 0 Å². The summed E-state index contributed by atoms with van der Waals surface area (Å²) in [5.74, 6) is 0.238. The van der Waals surface area contributed by atoms with E-state index in [9.17, 15) is 9.18 Å². The lowest BCUT2D eigenvalue weighted by molar-refractivity contribution is 0.176. The van der Waals surface area contributed by atoms with E-state index in [0.717, 1.165) is 0 Å². The molecular formula is C11H13ClFNO4. The van der Waals surface area contributed by atoms with Gasteiger partial charge < -0.3 is 19.5 Å². The van der Waals surface area contributed by atoms with Crippen LogP contribution in [0.3, 0.4) is 0 Å². The number of carbonyl (C=O) groups is 1. The van der Waals surface area contributed by atoms with E-state index >= 15 is 0 Å². The van der Waals surface area contributed by atoms with E-state index in [-0.39, 0.29) is 19.0 Å². The van der Waals surface area contributed by atoms with Gasteiger partial charge in [-0.2, -0.15) is 0 Å². The van der Waals surface area contributed by atoms with Crippen molar-refractivity contribution in [3.8, 4) is 11.5 Å². The molecule has 1 amide bonds. The molecule has 100 valence electrons. The number of rotatable bonds is 3. The second-order valence-electron chi connectivity index (χ2n) is 3.52. The number of hydrogen-bond acceptors (Lipinski definition) is 4. The zero-order valence-electron chi connectivity index (χ0n) is 9.86. The maximum Gasteiger partial charge on any atom is 0.407 e. The Labute approximate surface area is 110 Å². The first-order chi connectivity index (χ1) is 8.15. The molecule has 18 heavy (non-hydrogen) atoms. The quantitative estimate of drug-likeness (QED) is 0.919. The van der Waals surface area contributed by atoms with Crippen molar-refractivity contribution in [2.24, 2.45) is 0 Å². The van der Waals surface area contributed by atoms with Crippen molar-refractivity contribution in [1.29, 1.82) is 0 Å². The summed E-state index contributed by atoms with van der Waals surface area (Å²) < 4.78 is 28.6. The molecule has 2 rings (SSSR count). The van der Waals surface area contributed by atoms with Crippen LogP contribution in [0.4, 0.5) is 9.18 Å². The summed E-state index contributed by atoms with van der Waals surface area (Å²) in [6.07, 6.45) is -0.552. The van der Waals surface area contributed by atoms with Gasteiger partial charge in [0.1, 0.15) is 12.4 Å². The number of amides is 1. The predicted molar refractivity (Wildman–Crippen MR) is 64.0 cm³/mol. The van der Waals surface area contributed by atoms with Crippen LogP contribution < -0.4 is 14.8 Å². The maximum atomic E-state index is 13.8. The molecule has 1 atom stereocenters. The Morgan fingerprint density at radius 1 is 1.33 bits per heavy atom. The van der Waals surface area contributed by atoms with Gasteiger partial charge in [0.15, 0.2) is 11.5 Å².